The summed E-state index contributed by atoms with van der Waals surface area (Å²) < 4.78 is 0. The number of aryl methyl sites for hydroxylation is 1. The van der Waals surface area contributed by atoms with Crippen LogP contribution in [0.3, 0.4) is 0 Å². The van der Waals surface area contributed by atoms with E-state index in [9.17, 15) is 9.59 Å². The van der Waals surface area contributed by atoms with Gasteiger partial charge in [0, 0.05) is 5.92 Å². The molecule has 0 bridgehead atoms. The molecule has 6 heteroatoms. The van der Waals surface area contributed by atoms with Crippen LogP contribution in [0, 0.1) is 18.8 Å². The first-order valence-corrected chi connectivity index (χ1v) is 6.95. The fourth-order valence-corrected chi connectivity index (χ4v) is 2.99. The first-order valence-electron chi connectivity index (χ1n) is 6.95. The van der Waals surface area contributed by atoms with Crippen LogP contribution in [-0.4, -0.2) is 18.4 Å². The minimum atomic E-state index is -0.528. The van der Waals surface area contributed by atoms with Crippen LogP contribution >= 0.6 is 12.4 Å². The molecule has 2 rings (SSSR count). The monoisotopic (exact) mass is 311 g/mol. The minimum absolute atomic E-state index is 0. The Morgan fingerprint density at radius 3 is 2.67 bits per heavy atom. The van der Waals surface area contributed by atoms with Crippen LogP contribution in [0.2, 0.25) is 0 Å². The van der Waals surface area contributed by atoms with Crippen LogP contribution in [0.4, 0.5) is 5.69 Å². The average molecular weight is 312 g/mol. The van der Waals surface area contributed by atoms with E-state index in [1.807, 2.05) is 0 Å². The van der Waals surface area contributed by atoms with E-state index in [0.717, 1.165) is 24.8 Å². The van der Waals surface area contributed by atoms with E-state index in [1.165, 1.54) is 0 Å². The maximum atomic E-state index is 12.4. The van der Waals surface area contributed by atoms with E-state index in [1.54, 1.807) is 25.1 Å². The minimum Gasteiger partial charge on any atom is -0.366 e. The molecule has 0 aliphatic heterocycles. The number of rotatable bonds is 4. The fourth-order valence-electron chi connectivity index (χ4n) is 2.99. The number of primary amides is 1. The van der Waals surface area contributed by atoms with E-state index in [2.05, 4.69) is 5.32 Å². The Morgan fingerprint density at radius 1 is 1.33 bits per heavy atom. The van der Waals surface area contributed by atoms with E-state index < -0.39 is 5.91 Å². The summed E-state index contributed by atoms with van der Waals surface area (Å²) in [6.45, 7) is 2.32. The van der Waals surface area contributed by atoms with Gasteiger partial charge >= 0.3 is 0 Å². The predicted octanol–water partition coefficient (Wildman–Crippen LogP) is 1.83. The van der Waals surface area contributed by atoms with Crippen molar-refractivity contribution < 1.29 is 9.59 Å². The zero-order valence-electron chi connectivity index (χ0n) is 12.1. The Hall–Kier alpha value is -1.59. The van der Waals surface area contributed by atoms with Crippen molar-refractivity contribution in [2.24, 2.45) is 23.3 Å². The first kappa shape index (κ1) is 17.5. The molecule has 0 radical (unpaired) electrons. The Labute approximate surface area is 130 Å². The first-order chi connectivity index (χ1) is 9.54. The molecule has 0 unspecified atom stereocenters. The predicted molar refractivity (Wildman–Crippen MR) is 85.5 cm³/mol. The third-order valence-electron chi connectivity index (χ3n) is 4.08. The van der Waals surface area contributed by atoms with Crippen molar-refractivity contribution in [2.45, 2.75) is 26.2 Å². The second kappa shape index (κ2) is 7.43. The molecule has 0 aromatic heterocycles. The summed E-state index contributed by atoms with van der Waals surface area (Å²) in [6, 6.07) is 5.30. The maximum Gasteiger partial charge on any atom is 0.251 e. The van der Waals surface area contributed by atoms with Gasteiger partial charge < -0.3 is 16.8 Å². The molecule has 5 nitrogen and oxygen atoms in total. The van der Waals surface area contributed by atoms with Crippen molar-refractivity contribution in [3.63, 3.8) is 0 Å². The molecule has 1 aromatic rings. The summed E-state index contributed by atoms with van der Waals surface area (Å²) in [5.74, 6) is -0.427. The lowest BCUT2D eigenvalue weighted by atomic mass is 9.95. The molecule has 2 atom stereocenters. The molecule has 5 N–H and O–H groups in total. The van der Waals surface area contributed by atoms with Crippen molar-refractivity contribution in [1.82, 2.24) is 0 Å². The van der Waals surface area contributed by atoms with Crippen LogP contribution < -0.4 is 16.8 Å². The van der Waals surface area contributed by atoms with Gasteiger partial charge in [0.25, 0.3) is 5.91 Å². The zero-order chi connectivity index (χ0) is 14.7. The second-order valence-electron chi connectivity index (χ2n) is 5.38. The number of halogens is 1. The number of benzene rings is 1. The number of hydrogen-bond acceptors (Lipinski definition) is 3. The Morgan fingerprint density at radius 2 is 2.05 bits per heavy atom. The molecular weight excluding hydrogens is 290 g/mol. The van der Waals surface area contributed by atoms with Crippen molar-refractivity contribution >= 4 is 29.9 Å². The fraction of sp³-hybridized carbons (Fsp3) is 0.467. The lowest BCUT2D eigenvalue weighted by Gasteiger charge is -2.18. The molecule has 1 aliphatic rings. The molecular formula is C15H22ClN3O2. The van der Waals surface area contributed by atoms with Crippen LogP contribution in [0.5, 0.6) is 0 Å². The normalized spacial score (nSPS) is 20.7. The molecule has 21 heavy (non-hydrogen) atoms. The number of hydrogen-bond donors (Lipinski definition) is 3. The van der Waals surface area contributed by atoms with Crippen molar-refractivity contribution in [1.29, 1.82) is 0 Å². The van der Waals surface area contributed by atoms with Crippen molar-refractivity contribution in [2.75, 3.05) is 11.9 Å². The standard InChI is InChI=1S/C15H21N3O2.ClH/c1-9-4-2-7-12(13(9)14(17)19)18-15(20)11-6-3-5-10(11)8-16;/h2,4,7,10-11H,3,5-6,8,16H2,1H3,(H2,17,19)(H,18,20);1H/t10-,11-;/m1./s1. The lowest BCUT2D eigenvalue weighted by molar-refractivity contribution is -0.120. The van der Waals surface area contributed by atoms with E-state index in [0.29, 0.717) is 17.8 Å². The van der Waals surface area contributed by atoms with Gasteiger partial charge in [-0.2, -0.15) is 0 Å². The molecule has 1 aliphatic carbocycles. The van der Waals surface area contributed by atoms with Gasteiger partial charge in [0.2, 0.25) is 5.91 Å². The lowest BCUT2D eigenvalue weighted by Crippen LogP contribution is -2.30. The Balaban J connectivity index is 0.00000220. The summed E-state index contributed by atoms with van der Waals surface area (Å²) in [7, 11) is 0. The van der Waals surface area contributed by atoms with Gasteiger partial charge in [0.05, 0.1) is 11.3 Å². The number of carbonyl (C=O) groups is 2. The second-order valence-corrected chi connectivity index (χ2v) is 5.38. The molecule has 0 saturated heterocycles. The highest BCUT2D eigenvalue weighted by atomic mass is 35.5. The van der Waals surface area contributed by atoms with Gasteiger partial charge in [-0.1, -0.05) is 18.6 Å². The topological polar surface area (TPSA) is 98.2 Å². The van der Waals surface area contributed by atoms with Crippen LogP contribution in [0.25, 0.3) is 0 Å². The summed E-state index contributed by atoms with van der Waals surface area (Å²) in [5.41, 5.74) is 12.7. The smallest absolute Gasteiger partial charge is 0.251 e. The molecule has 116 valence electrons. The van der Waals surface area contributed by atoms with Gasteiger partial charge in [-0.25, -0.2) is 0 Å². The van der Waals surface area contributed by atoms with Crippen molar-refractivity contribution in [3.05, 3.63) is 29.3 Å². The van der Waals surface area contributed by atoms with Gasteiger partial charge in [0.1, 0.15) is 0 Å². The summed E-state index contributed by atoms with van der Waals surface area (Å²) >= 11 is 0. The average Bonchev–Trinajstić information content (AvgIpc) is 2.86. The van der Waals surface area contributed by atoms with Gasteiger partial charge in [0.15, 0.2) is 0 Å². The van der Waals surface area contributed by atoms with E-state index in [-0.39, 0.29) is 30.2 Å². The largest absolute Gasteiger partial charge is 0.366 e. The number of carbonyl (C=O) groups excluding carboxylic acids is 2. The highest BCUT2D eigenvalue weighted by Gasteiger charge is 2.32. The molecule has 1 aromatic carbocycles. The number of anilines is 1. The summed E-state index contributed by atoms with van der Waals surface area (Å²) in [4.78, 5) is 23.9. The van der Waals surface area contributed by atoms with Gasteiger partial charge in [-0.15, -0.1) is 12.4 Å². The highest BCUT2D eigenvalue weighted by Crippen LogP contribution is 2.32. The van der Waals surface area contributed by atoms with Crippen LogP contribution in [0.1, 0.15) is 35.2 Å². The van der Waals surface area contributed by atoms with Gasteiger partial charge in [-0.3, -0.25) is 9.59 Å². The molecule has 0 spiro atoms. The SMILES string of the molecule is Cc1cccc(NC(=O)[C@@H]2CCC[C@@H]2CN)c1C(N)=O.Cl. The van der Waals surface area contributed by atoms with Crippen LogP contribution in [-0.2, 0) is 4.79 Å². The zero-order valence-corrected chi connectivity index (χ0v) is 12.9. The third-order valence-corrected chi connectivity index (χ3v) is 4.08. The number of amides is 2. The Bertz CT molecular complexity index is 534. The number of nitrogens with one attached hydrogen (secondary N) is 1. The molecule has 0 heterocycles. The quantitative estimate of drug-likeness (QED) is 0.791. The van der Waals surface area contributed by atoms with E-state index >= 15 is 0 Å². The third kappa shape index (κ3) is 3.74. The van der Waals surface area contributed by atoms with E-state index in [4.69, 9.17) is 11.5 Å². The highest BCUT2D eigenvalue weighted by molar-refractivity contribution is 6.04. The number of nitrogens with two attached hydrogens (primary N) is 2. The Kier molecular flexibility index (Phi) is 6.18. The summed E-state index contributed by atoms with van der Waals surface area (Å²) in [5, 5.41) is 2.84. The molecule has 2 amide bonds. The van der Waals surface area contributed by atoms with Crippen LogP contribution in [0.15, 0.2) is 18.2 Å². The summed E-state index contributed by atoms with van der Waals surface area (Å²) in [6.07, 6.45) is 2.87. The van der Waals surface area contributed by atoms with Crippen molar-refractivity contribution in [3.8, 4) is 0 Å². The molecule has 1 saturated carbocycles. The molecule has 1 fully saturated rings. The van der Waals surface area contributed by atoms with Gasteiger partial charge in [-0.05, 0) is 43.9 Å². The maximum absolute atomic E-state index is 12.4.